The second-order valence-electron chi connectivity index (χ2n) is 6.46. The van der Waals surface area contributed by atoms with E-state index in [4.69, 9.17) is 4.42 Å². The second-order valence-corrected chi connectivity index (χ2v) is 6.46. The SMILES string of the molecule is CCC(C)C(NCc1c(O)ccc2c1oc(=O)c1ccccc12)C(=O)O. The molecule has 0 radical (unpaired) electrons. The number of hydrogen-bond acceptors (Lipinski definition) is 5. The third kappa shape index (κ3) is 3.15. The molecule has 1 aromatic heterocycles. The minimum atomic E-state index is -0.953. The van der Waals surface area contributed by atoms with Crippen molar-refractivity contribution >= 4 is 27.7 Å². The Bertz CT molecular complexity index is 1020. The van der Waals surface area contributed by atoms with Crippen LogP contribution in [0.4, 0.5) is 0 Å². The maximum atomic E-state index is 12.3. The minimum absolute atomic E-state index is 0.0447. The Morgan fingerprint density at radius 1 is 1.15 bits per heavy atom. The van der Waals surface area contributed by atoms with E-state index in [0.717, 1.165) is 5.39 Å². The summed E-state index contributed by atoms with van der Waals surface area (Å²) < 4.78 is 5.46. The molecule has 0 fully saturated rings. The Morgan fingerprint density at radius 3 is 2.50 bits per heavy atom. The Morgan fingerprint density at radius 2 is 1.85 bits per heavy atom. The number of fused-ring (bicyclic) bond motifs is 3. The Balaban J connectivity index is 2.10. The molecule has 0 spiro atoms. The van der Waals surface area contributed by atoms with Gasteiger partial charge in [0.15, 0.2) is 0 Å². The fourth-order valence-electron chi connectivity index (χ4n) is 3.14. The summed E-state index contributed by atoms with van der Waals surface area (Å²) in [5.74, 6) is -1.08. The van der Waals surface area contributed by atoms with Crippen molar-refractivity contribution in [2.45, 2.75) is 32.9 Å². The molecule has 2 aromatic carbocycles. The summed E-state index contributed by atoms with van der Waals surface area (Å²) in [5.41, 5.74) is 0.158. The van der Waals surface area contributed by atoms with Crippen LogP contribution in [0.5, 0.6) is 5.75 Å². The molecule has 0 bridgehead atoms. The number of carboxylic acids is 1. The van der Waals surface area contributed by atoms with E-state index in [9.17, 15) is 19.8 Å². The second kappa shape index (κ2) is 7.17. The zero-order valence-corrected chi connectivity index (χ0v) is 14.7. The van der Waals surface area contributed by atoms with Gasteiger partial charge in [-0.15, -0.1) is 0 Å². The van der Waals surface area contributed by atoms with Crippen LogP contribution in [-0.4, -0.2) is 22.2 Å². The van der Waals surface area contributed by atoms with Gasteiger partial charge in [0.2, 0.25) is 0 Å². The van der Waals surface area contributed by atoms with Gasteiger partial charge in [-0.05, 0) is 29.5 Å². The van der Waals surface area contributed by atoms with E-state index in [2.05, 4.69) is 5.32 Å². The van der Waals surface area contributed by atoms with Gasteiger partial charge in [0, 0.05) is 11.9 Å². The molecule has 0 aliphatic carbocycles. The molecule has 2 atom stereocenters. The molecule has 0 saturated carbocycles. The monoisotopic (exact) mass is 355 g/mol. The molecule has 136 valence electrons. The van der Waals surface area contributed by atoms with Crippen LogP contribution in [0.3, 0.4) is 0 Å². The van der Waals surface area contributed by atoms with Crippen molar-refractivity contribution in [3.8, 4) is 5.75 Å². The number of carboxylic acid groups (broad SMARTS) is 1. The summed E-state index contributed by atoms with van der Waals surface area (Å²) in [6.45, 7) is 3.84. The van der Waals surface area contributed by atoms with Gasteiger partial charge >= 0.3 is 11.6 Å². The zero-order chi connectivity index (χ0) is 18.8. The molecule has 6 nitrogen and oxygen atoms in total. The highest BCUT2D eigenvalue weighted by Gasteiger charge is 2.24. The summed E-state index contributed by atoms with van der Waals surface area (Å²) >= 11 is 0. The van der Waals surface area contributed by atoms with Gasteiger partial charge in [0.05, 0.1) is 10.9 Å². The first-order valence-corrected chi connectivity index (χ1v) is 8.56. The van der Waals surface area contributed by atoms with E-state index >= 15 is 0 Å². The number of rotatable bonds is 6. The predicted octanol–water partition coefficient (Wildman–Crippen LogP) is 3.24. The molecule has 1 heterocycles. The highest BCUT2D eigenvalue weighted by molar-refractivity contribution is 6.05. The largest absolute Gasteiger partial charge is 0.507 e. The van der Waals surface area contributed by atoms with Crippen LogP contribution in [0.2, 0.25) is 0 Å². The van der Waals surface area contributed by atoms with Gasteiger partial charge < -0.3 is 14.6 Å². The number of phenols is 1. The molecular weight excluding hydrogens is 334 g/mol. The summed E-state index contributed by atoms with van der Waals surface area (Å²) in [7, 11) is 0. The zero-order valence-electron chi connectivity index (χ0n) is 14.7. The first-order chi connectivity index (χ1) is 12.4. The van der Waals surface area contributed by atoms with Crippen molar-refractivity contribution in [1.82, 2.24) is 5.32 Å². The molecule has 0 aliphatic rings. The van der Waals surface area contributed by atoms with Crippen LogP contribution in [-0.2, 0) is 11.3 Å². The van der Waals surface area contributed by atoms with Gasteiger partial charge in [-0.3, -0.25) is 10.1 Å². The van der Waals surface area contributed by atoms with E-state index in [0.29, 0.717) is 22.8 Å². The van der Waals surface area contributed by atoms with Gasteiger partial charge in [-0.25, -0.2) is 4.79 Å². The van der Waals surface area contributed by atoms with Crippen molar-refractivity contribution in [1.29, 1.82) is 0 Å². The molecule has 3 N–H and O–H groups in total. The van der Waals surface area contributed by atoms with E-state index < -0.39 is 17.6 Å². The van der Waals surface area contributed by atoms with Crippen LogP contribution < -0.4 is 10.9 Å². The van der Waals surface area contributed by atoms with Crippen LogP contribution >= 0.6 is 0 Å². The fourth-order valence-corrected chi connectivity index (χ4v) is 3.14. The molecule has 2 unspecified atom stereocenters. The van der Waals surface area contributed by atoms with Crippen molar-refractivity contribution in [3.63, 3.8) is 0 Å². The number of aromatic hydroxyl groups is 1. The number of carbonyl (C=O) groups is 1. The molecule has 3 rings (SSSR count). The van der Waals surface area contributed by atoms with Crippen LogP contribution in [0, 0.1) is 5.92 Å². The minimum Gasteiger partial charge on any atom is -0.507 e. The number of nitrogens with one attached hydrogen (secondary N) is 1. The maximum Gasteiger partial charge on any atom is 0.344 e. The van der Waals surface area contributed by atoms with Crippen molar-refractivity contribution in [2.24, 2.45) is 5.92 Å². The van der Waals surface area contributed by atoms with E-state index in [1.54, 1.807) is 18.2 Å². The molecule has 6 heteroatoms. The first-order valence-electron chi connectivity index (χ1n) is 8.56. The summed E-state index contributed by atoms with van der Waals surface area (Å²) in [5, 5.41) is 24.6. The van der Waals surface area contributed by atoms with E-state index in [1.165, 1.54) is 6.07 Å². The number of benzene rings is 2. The van der Waals surface area contributed by atoms with Crippen LogP contribution in [0.15, 0.2) is 45.6 Å². The van der Waals surface area contributed by atoms with Gasteiger partial charge in [0.1, 0.15) is 17.4 Å². The van der Waals surface area contributed by atoms with Crippen molar-refractivity contribution in [3.05, 3.63) is 52.4 Å². The number of phenolic OH excluding ortho intramolecular Hbond substituents is 1. The third-order valence-electron chi connectivity index (χ3n) is 4.85. The van der Waals surface area contributed by atoms with Gasteiger partial charge in [-0.2, -0.15) is 0 Å². The number of hydrogen-bond donors (Lipinski definition) is 3. The lowest BCUT2D eigenvalue weighted by Crippen LogP contribution is -2.41. The average molecular weight is 355 g/mol. The Kier molecular flexibility index (Phi) is 4.95. The topological polar surface area (TPSA) is 99.8 Å². The highest BCUT2D eigenvalue weighted by atomic mass is 16.4. The van der Waals surface area contributed by atoms with Crippen LogP contribution in [0.1, 0.15) is 25.8 Å². The fraction of sp³-hybridized carbons (Fsp3) is 0.300. The average Bonchev–Trinajstić information content (AvgIpc) is 2.63. The maximum absolute atomic E-state index is 12.3. The molecule has 0 saturated heterocycles. The lowest BCUT2D eigenvalue weighted by atomic mass is 9.98. The smallest absolute Gasteiger partial charge is 0.344 e. The summed E-state index contributed by atoms with van der Waals surface area (Å²) in [4.78, 5) is 23.8. The van der Waals surface area contributed by atoms with Crippen LogP contribution in [0.25, 0.3) is 21.7 Å². The first kappa shape index (κ1) is 17.9. The lowest BCUT2D eigenvalue weighted by Gasteiger charge is -2.20. The standard InChI is InChI=1S/C20H21NO5/c1-3-11(2)17(19(23)24)21-10-15-16(22)9-8-13-12-6-4-5-7-14(12)20(25)26-18(13)15/h4-9,11,17,21-22H,3,10H2,1-2H3,(H,23,24). The third-order valence-corrected chi connectivity index (χ3v) is 4.85. The highest BCUT2D eigenvalue weighted by Crippen LogP contribution is 2.31. The molecule has 26 heavy (non-hydrogen) atoms. The number of aliphatic carboxylic acids is 1. The Hall–Kier alpha value is -2.86. The quantitative estimate of drug-likeness (QED) is 0.464. The van der Waals surface area contributed by atoms with Crippen molar-refractivity contribution in [2.75, 3.05) is 0 Å². The van der Waals surface area contributed by atoms with Crippen molar-refractivity contribution < 1.29 is 19.4 Å². The summed E-state index contributed by atoms with van der Waals surface area (Å²) in [6, 6.07) is 9.57. The van der Waals surface area contributed by atoms with Gasteiger partial charge in [-0.1, -0.05) is 38.5 Å². The Labute approximate surface area is 150 Å². The van der Waals surface area contributed by atoms with E-state index in [-0.39, 0.29) is 23.8 Å². The molecule has 3 aromatic rings. The predicted molar refractivity (Wildman–Crippen MR) is 99.4 cm³/mol. The van der Waals surface area contributed by atoms with Gasteiger partial charge in [0.25, 0.3) is 0 Å². The molecule has 0 amide bonds. The summed E-state index contributed by atoms with van der Waals surface area (Å²) in [6.07, 6.45) is 0.700. The molecule has 0 aliphatic heterocycles. The van der Waals surface area contributed by atoms with E-state index in [1.807, 2.05) is 26.0 Å². The lowest BCUT2D eigenvalue weighted by molar-refractivity contribution is -0.140. The normalized spacial score (nSPS) is 13.8. The molecular formula is C20H21NO5.